The smallest absolute Gasteiger partial charge is 0.341 e. The van der Waals surface area contributed by atoms with Crippen LogP contribution in [0.1, 0.15) is 42.5 Å². The van der Waals surface area contributed by atoms with Crippen molar-refractivity contribution < 1.29 is 8.78 Å². The average molecular weight is 551 g/mol. The fourth-order valence-electron chi connectivity index (χ4n) is 4.90. The Balaban J connectivity index is 1.83. The van der Waals surface area contributed by atoms with Crippen molar-refractivity contribution in [3.05, 3.63) is 104 Å². The third-order valence-corrected chi connectivity index (χ3v) is 7.50. The number of fused-ring (bicyclic) bond motifs is 1. The van der Waals surface area contributed by atoms with Gasteiger partial charge in [-0.3, -0.25) is 9.58 Å². The molecule has 10 heteroatoms. The van der Waals surface area contributed by atoms with Crippen molar-refractivity contribution in [2.24, 2.45) is 11.0 Å². The Morgan fingerprint density at radius 3 is 2.38 bits per heavy atom. The lowest BCUT2D eigenvalue weighted by Gasteiger charge is -2.25. The third kappa shape index (κ3) is 6.21. The number of rotatable bonds is 9. The molecule has 0 fully saturated rings. The molecule has 0 saturated carbocycles. The molecule has 0 spiro atoms. The molecule has 1 aromatic heterocycles. The maximum Gasteiger partial charge on any atom is 0.355 e. The fraction of sp³-hybridized carbons (Fsp3) is 0.400. The van der Waals surface area contributed by atoms with Crippen LogP contribution in [-0.2, 0) is 25.9 Å². The van der Waals surface area contributed by atoms with Gasteiger partial charge in [0.25, 0.3) is 0 Å². The third-order valence-electron chi connectivity index (χ3n) is 7.50. The van der Waals surface area contributed by atoms with Crippen LogP contribution in [0.3, 0.4) is 0 Å². The van der Waals surface area contributed by atoms with Gasteiger partial charge in [0.15, 0.2) is 11.6 Å². The molecule has 0 aliphatic carbocycles. The van der Waals surface area contributed by atoms with Gasteiger partial charge in [0.2, 0.25) is 5.95 Å². The van der Waals surface area contributed by atoms with E-state index < -0.39 is 23.0 Å². The minimum Gasteiger partial charge on any atom is -0.341 e. The highest BCUT2D eigenvalue weighted by Crippen LogP contribution is 2.21. The van der Waals surface area contributed by atoms with Crippen LogP contribution in [0, 0.1) is 24.5 Å². The maximum absolute atomic E-state index is 14.3. The first kappa shape index (κ1) is 28.9. The molecule has 0 saturated heterocycles. The first-order valence-corrected chi connectivity index (χ1v) is 13.5. The number of hydrazone groups is 1. The van der Waals surface area contributed by atoms with Crippen LogP contribution in [-0.4, -0.2) is 45.0 Å². The van der Waals surface area contributed by atoms with E-state index in [0.29, 0.717) is 24.4 Å². The van der Waals surface area contributed by atoms with Crippen LogP contribution in [0.25, 0.3) is 0 Å². The lowest BCUT2D eigenvalue weighted by molar-refractivity contribution is 0.475. The molecular weight excluding hydrogens is 514 g/mol. The van der Waals surface area contributed by atoms with E-state index in [-0.39, 0.29) is 30.5 Å². The Hall–Kier alpha value is -4.08. The summed E-state index contributed by atoms with van der Waals surface area (Å²) in [4.78, 5) is 33.7. The number of anilines is 1. The second-order valence-corrected chi connectivity index (χ2v) is 10.3. The van der Waals surface area contributed by atoms with E-state index in [1.807, 2.05) is 30.9 Å². The Labute approximate surface area is 232 Å². The van der Waals surface area contributed by atoms with Crippen molar-refractivity contribution in [1.82, 2.24) is 19.1 Å². The molecule has 1 aliphatic rings. The van der Waals surface area contributed by atoms with Crippen LogP contribution in [0.2, 0.25) is 0 Å². The van der Waals surface area contributed by atoms with Crippen molar-refractivity contribution in [1.29, 1.82) is 0 Å². The number of aryl methyl sites for hydroxylation is 1. The van der Waals surface area contributed by atoms with Gasteiger partial charge >= 0.3 is 11.4 Å². The molecule has 212 valence electrons. The predicted octanol–water partition coefficient (Wildman–Crippen LogP) is 4.12. The summed E-state index contributed by atoms with van der Waals surface area (Å²) in [6.45, 7) is 10.1. The Bertz CT molecular complexity index is 1490. The van der Waals surface area contributed by atoms with Crippen LogP contribution in [0.4, 0.5) is 14.7 Å². The summed E-state index contributed by atoms with van der Waals surface area (Å²) in [5.41, 5.74) is 2.31. The lowest BCUT2D eigenvalue weighted by Crippen LogP contribution is -2.47. The van der Waals surface area contributed by atoms with Crippen LogP contribution < -0.4 is 16.3 Å². The second kappa shape index (κ2) is 12.4. The van der Waals surface area contributed by atoms with Crippen LogP contribution in [0.15, 0.2) is 63.9 Å². The van der Waals surface area contributed by atoms with E-state index in [1.165, 1.54) is 39.9 Å². The lowest BCUT2D eigenvalue weighted by atomic mass is 10.0. The molecule has 0 amide bonds. The topological polar surface area (TPSA) is 75.7 Å². The van der Waals surface area contributed by atoms with Gasteiger partial charge in [0, 0.05) is 26.3 Å². The van der Waals surface area contributed by atoms with Crippen LogP contribution in [0.5, 0.6) is 0 Å². The summed E-state index contributed by atoms with van der Waals surface area (Å²) in [5.74, 6) is -1.72. The largest absolute Gasteiger partial charge is 0.355 e. The Morgan fingerprint density at radius 1 is 1.15 bits per heavy atom. The average Bonchev–Trinajstić information content (AvgIpc) is 3.16. The summed E-state index contributed by atoms with van der Waals surface area (Å²) in [5, 5.41) is 6.07. The normalized spacial score (nSPS) is 14.4. The van der Waals surface area contributed by atoms with E-state index in [4.69, 9.17) is 0 Å². The van der Waals surface area contributed by atoms with Gasteiger partial charge in [-0.15, -0.1) is 0 Å². The van der Waals surface area contributed by atoms with Crippen molar-refractivity contribution in [3.63, 3.8) is 0 Å². The summed E-state index contributed by atoms with van der Waals surface area (Å²) < 4.78 is 30.8. The van der Waals surface area contributed by atoms with Crippen molar-refractivity contribution in [2.75, 3.05) is 25.0 Å². The molecule has 1 unspecified atom stereocenters. The molecule has 2 aromatic carbocycles. The van der Waals surface area contributed by atoms with Gasteiger partial charge in [-0.05, 0) is 60.4 Å². The zero-order chi connectivity index (χ0) is 29.0. The SMILES string of the molecule is C=CN(C)/N=C(/Cn1c(=O)nc(N2CCc3ccccc3CC2)n(Cc2cc(C)c(F)c(F)c2)c1=O)C(C)CC. The standard InChI is InChI=1S/C30H36F2N6O2/c1-6-20(3)26(34-35(5)7-2)19-38-29(39)33-28(36-14-12-23-10-8-9-11-24(23)13-15-36)37(30(38)40)18-22-16-21(4)27(32)25(31)17-22/h7-11,16-17,20H,2,6,12-15,18-19H2,1,3-5H3/b34-26-. The van der Waals surface area contributed by atoms with Crippen molar-refractivity contribution in [2.45, 2.75) is 53.1 Å². The highest BCUT2D eigenvalue weighted by atomic mass is 19.2. The maximum atomic E-state index is 14.3. The summed E-state index contributed by atoms with van der Waals surface area (Å²) in [6.07, 6.45) is 3.73. The summed E-state index contributed by atoms with van der Waals surface area (Å²) >= 11 is 0. The number of halogens is 2. The summed E-state index contributed by atoms with van der Waals surface area (Å²) in [6, 6.07) is 10.7. The van der Waals surface area contributed by atoms with Crippen molar-refractivity contribution in [3.8, 4) is 0 Å². The molecule has 40 heavy (non-hydrogen) atoms. The number of aromatic nitrogens is 3. The number of hydrogen-bond acceptors (Lipinski definition) is 6. The van der Waals surface area contributed by atoms with Gasteiger partial charge < -0.3 is 4.90 Å². The minimum absolute atomic E-state index is 0.0141. The Morgan fingerprint density at radius 2 is 1.80 bits per heavy atom. The Kier molecular flexibility index (Phi) is 8.96. The number of nitrogens with zero attached hydrogens (tertiary/aromatic N) is 6. The number of hydrogen-bond donors (Lipinski definition) is 0. The fourth-order valence-corrected chi connectivity index (χ4v) is 4.90. The molecule has 0 bridgehead atoms. The van der Waals surface area contributed by atoms with E-state index in [0.717, 1.165) is 29.9 Å². The molecule has 1 aliphatic heterocycles. The first-order chi connectivity index (χ1) is 19.1. The zero-order valence-electron chi connectivity index (χ0n) is 23.5. The zero-order valence-corrected chi connectivity index (χ0v) is 23.5. The van der Waals surface area contributed by atoms with Crippen molar-refractivity contribution >= 4 is 11.7 Å². The van der Waals surface area contributed by atoms with Gasteiger partial charge in [-0.25, -0.2) is 22.9 Å². The van der Waals surface area contributed by atoms with Gasteiger partial charge in [-0.1, -0.05) is 50.8 Å². The van der Waals surface area contributed by atoms with Gasteiger partial charge in [-0.2, -0.15) is 10.1 Å². The predicted molar refractivity (Wildman–Crippen MR) is 154 cm³/mol. The molecule has 1 atom stereocenters. The molecule has 0 radical (unpaired) electrons. The monoisotopic (exact) mass is 550 g/mol. The molecule has 8 nitrogen and oxygen atoms in total. The highest BCUT2D eigenvalue weighted by Gasteiger charge is 2.23. The minimum atomic E-state index is -0.991. The second-order valence-electron chi connectivity index (χ2n) is 10.3. The van der Waals surface area contributed by atoms with E-state index in [9.17, 15) is 18.4 Å². The van der Waals surface area contributed by atoms with E-state index >= 15 is 0 Å². The van der Waals surface area contributed by atoms with E-state index in [2.05, 4.69) is 28.8 Å². The quantitative estimate of drug-likeness (QED) is 0.296. The van der Waals surface area contributed by atoms with Crippen LogP contribution >= 0.6 is 0 Å². The molecule has 4 rings (SSSR count). The molecule has 0 N–H and O–H groups in total. The molecule has 2 heterocycles. The summed E-state index contributed by atoms with van der Waals surface area (Å²) in [7, 11) is 1.72. The van der Waals surface area contributed by atoms with Gasteiger partial charge in [0.1, 0.15) is 0 Å². The molecule has 3 aromatic rings. The first-order valence-electron chi connectivity index (χ1n) is 13.5. The van der Waals surface area contributed by atoms with Gasteiger partial charge in [0.05, 0.1) is 18.8 Å². The number of benzene rings is 2. The highest BCUT2D eigenvalue weighted by molar-refractivity contribution is 5.86. The molecular formula is C30H36F2N6O2. The van der Waals surface area contributed by atoms with E-state index in [1.54, 1.807) is 7.05 Å².